The highest BCUT2D eigenvalue weighted by Crippen LogP contribution is 2.69. The number of hydrogen-bond donors (Lipinski definition) is 0. The minimum atomic E-state index is -0.663. The molecule has 9 heteroatoms. The average molecular weight is 513 g/mol. The van der Waals surface area contributed by atoms with E-state index in [1.54, 1.807) is 37.8 Å². The van der Waals surface area contributed by atoms with E-state index < -0.39 is 17.0 Å². The monoisotopic (exact) mass is 512 g/mol. The van der Waals surface area contributed by atoms with Crippen molar-refractivity contribution in [1.29, 1.82) is 0 Å². The Morgan fingerprint density at radius 2 is 1.76 bits per heavy atom. The first-order valence-electron chi connectivity index (χ1n) is 12.7. The molecule has 2 aliphatic rings. The van der Waals surface area contributed by atoms with Crippen LogP contribution < -0.4 is 0 Å². The first-order chi connectivity index (χ1) is 18.2. The maximum atomic E-state index is 14.5. The molecule has 192 valence electrons. The van der Waals surface area contributed by atoms with Crippen LogP contribution in [0.3, 0.4) is 0 Å². The molecule has 0 unspecified atom stereocenters. The number of hydrogen-bond acceptors (Lipinski definition) is 7. The summed E-state index contributed by atoms with van der Waals surface area (Å²) in [5.74, 6) is -0.488. The topological polar surface area (TPSA) is 94.4 Å². The van der Waals surface area contributed by atoms with Crippen molar-refractivity contribution < 1.29 is 13.6 Å². The number of carbonyl (C=O) groups excluding carboxylic acids is 1. The molecule has 0 saturated heterocycles. The summed E-state index contributed by atoms with van der Waals surface area (Å²) in [5, 5.41) is 8.89. The molecule has 0 N–H and O–H groups in total. The van der Waals surface area contributed by atoms with Crippen LogP contribution in [0.1, 0.15) is 68.7 Å². The third-order valence-electron chi connectivity index (χ3n) is 8.37. The van der Waals surface area contributed by atoms with Crippen molar-refractivity contribution in [3.8, 4) is 22.5 Å². The molecule has 1 aromatic carbocycles. The second-order valence-electron chi connectivity index (χ2n) is 10.7. The molecule has 7 nitrogen and oxygen atoms in total. The van der Waals surface area contributed by atoms with E-state index >= 15 is 0 Å². The summed E-state index contributed by atoms with van der Waals surface area (Å²) < 4.78 is 29.1. The van der Waals surface area contributed by atoms with Gasteiger partial charge in [-0.2, -0.15) is 5.10 Å². The van der Waals surface area contributed by atoms with E-state index in [9.17, 15) is 13.6 Å². The van der Waals surface area contributed by atoms with Crippen molar-refractivity contribution in [3.05, 3.63) is 83.5 Å². The molecule has 0 spiro atoms. The lowest BCUT2D eigenvalue weighted by Gasteiger charge is -2.37. The highest BCUT2D eigenvalue weighted by Gasteiger charge is 2.65. The fourth-order valence-electron chi connectivity index (χ4n) is 6.37. The number of aromatic nitrogens is 6. The fraction of sp³-hybridized carbons (Fsp3) is 0.345. The molecule has 4 aromatic rings. The van der Waals surface area contributed by atoms with Gasteiger partial charge in [-0.05, 0) is 54.9 Å². The van der Waals surface area contributed by atoms with Gasteiger partial charge in [-0.15, -0.1) is 5.10 Å². The Balaban J connectivity index is 1.41. The van der Waals surface area contributed by atoms with Gasteiger partial charge in [0.25, 0.3) is 0 Å². The van der Waals surface area contributed by atoms with Crippen LogP contribution in [-0.4, -0.2) is 35.9 Å². The molecule has 0 aliphatic heterocycles. The molecule has 1 fully saturated rings. The van der Waals surface area contributed by atoms with Gasteiger partial charge in [-0.25, -0.2) is 23.7 Å². The Bertz CT molecular complexity index is 1550. The van der Waals surface area contributed by atoms with Gasteiger partial charge in [0.15, 0.2) is 0 Å². The SMILES string of the molecule is CC(=O)CCc1ncc(-c2cncc([C@@]34CC[C@@H](c5cc(-c6c(F)cccc6F)nnc53)C4(C)C)n2)cn1. The van der Waals surface area contributed by atoms with Crippen LogP contribution in [0, 0.1) is 17.0 Å². The van der Waals surface area contributed by atoms with Gasteiger partial charge in [-0.1, -0.05) is 19.9 Å². The number of benzene rings is 1. The van der Waals surface area contributed by atoms with Gasteiger partial charge < -0.3 is 4.79 Å². The van der Waals surface area contributed by atoms with E-state index in [0.717, 1.165) is 35.4 Å². The Hall–Kier alpha value is -4.01. The molecular formula is C29H26F2N6O. The molecule has 1 saturated carbocycles. The van der Waals surface area contributed by atoms with Gasteiger partial charge in [0.2, 0.25) is 0 Å². The van der Waals surface area contributed by atoms with E-state index in [-0.39, 0.29) is 28.4 Å². The number of ketones is 1. The zero-order chi connectivity index (χ0) is 26.7. The Kier molecular flexibility index (Phi) is 5.63. The van der Waals surface area contributed by atoms with Crippen LogP contribution in [0.4, 0.5) is 8.78 Å². The highest BCUT2D eigenvalue weighted by molar-refractivity contribution is 5.75. The predicted octanol–water partition coefficient (Wildman–Crippen LogP) is 5.39. The van der Waals surface area contributed by atoms with E-state index in [1.165, 1.54) is 18.2 Å². The summed E-state index contributed by atoms with van der Waals surface area (Å²) in [7, 11) is 0. The van der Waals surface area contributed by atoms with Crippen molar-refractivity contribution in [3.63, 3.8) is 0 Å². The maximum Gasteiger partial charge on any atom is 0.135 e. The van der Waals surface area contributed by atoms with Gasteiger partial charge in [0.1, 0.15) is 23.2 Å². The summed E-state index contributed by atoms with van der Waals surface area (Å²) in [6.07, 6.45) is 9.47. The second kappa shape index (κ2) is 8.79. The molecule has 2 atom stereocenters. The van der Waals surface area contributed by atoms with Gasteiger partial charge in [-0.3, -0.25) is 4.98 Å². The Labute approximate surface area is 218 Å². The molecule has 6 rings (SSSR count). The second-order valence-corrected chi connectivity index (χ2v) is 10.7. The normalized spacial score (nSPS) is 20.9. The van der Waals surface area contributed by atoms with Crippen LogP contribution in [0.15, 0.2) is 49.1 Å². The number of Topliss-reactive ketones (excluding diaryl/α,β-unsaturated/α-hetero) is 1. The third kappa shape index (κ3) is 3.55. The van der Waals surface area contributed by atoms with Gasteiger partial charge in [0, 0.05) is 37.0 Å². The van der Waals surface area contributed by atoms with E-state index in [2.05, 4.69) is 39.0 Å². The summed E-state index contributed by atoms with van der Waals surface area (Å²) >= 11 is 0. The van der Waals surface area contributed by atoms with Crippen LogP contribution in [0.2, 0.25) is 0 Å². The summed E-state index contributed by atoms with van der Waals surface area (Å²) in [4.78, 5) is 29.6. The summed E-state index contributed by atoms with van der Waals surface area (Å²) in [5.41, 5.74) is 3.12. The quantitative estimate of drug-likeness (QED) is 0.342. The van der Waals surface area contributed by atoms with Crippen LogP contribution >= 0.6 is 0 Å². The van der Waals surface area contributed by atoms with Crippen LogP contribution in [0.5, 0.6) is 0 Å². The zero-order valence-corrected chi connectivity index (χ0v) is 21.4. The minimum absolute atomic E-state index is 0.0964. The molecule has 0 amide bonds. The van der Waals surface area contributed by atoms with E-state index in [4.69, 9.17) is 4.98 Å². The van der Waals surface area contributed by atoms with Crippen LogP contribution in [0.25, 0.3) is 22.5 Å². The van der Waals surface area contributed by atoms with E-state index in [0.29, 0.717) is 24.4 Å². The van der Waals surface area contributed by atoms with Crippen LogP contribution in [-0.2, 0) is 16.6 Å². The molecule has 2 bridgehead atoms. The molecule has 3 aromatic heterocycles. The molecule has 3 heterocycles. The van der Waals surface area contributed by atoms with Gasteiger partial charge >= 0.3 is 0 Å². The van der Waals surface area contributed by atoms with Gasteiger partial charge in [0.05, 0.1) is 40.0 Å². The number of rotatable bonds is 6. The zero-order valence-electron chi connectivity index (χ0n) is 21.4. The maximum absolute atomic E-state index is 14.5. The van der Waals surface area contributed by atoms with Crippen molar-refractivity contribution in [1.82, 2.24) is 30.1 Å². The highest BCUT2D eigenvalue weighted by atomic mass is 19.1. The van der Waals surface area contributed by atoms with Crippen molar-refractivity contribution in [2.75, 3.05) is 0 Å². The lowest BCUT2D eigenvalue weighted by atomic mass is 9.66. The van der Waals surface area contributed by atoms with Crippen molar-refractivity contribution >= 4 is 5.78 Å². The number of halogens is 2. The van der Waals surface area contributed by atoms with Crippen molar-refractivity contribution in [2.24, 2.45) is 5.41 Å². The predicted molar refractivity (Wildman–Crippen MR) is 136 cm³/mol. The van der Waals surface area contributed by atoms with E-state index in [1.807, 2.05) is 0 Å². The standard InChI is InChI=1S/C29H26F2N6O/c1-16(38)7-8-25-33-12-17(13-34-25)23-14-32-15-24(35-23)29-10-9-19(28(29,2)3)18-11-22(36-37-27(18)29)26-20(30)5-4-6-21(26)31/h4-6,11-15,19H,7-10H2,1-3H3/t19-,29-/m0/s1. The minimum Gasteiger partial charge on any atom is -0.300 e. The number of aryl methyl sites for hydroxylation is 1. The lowest BCUT2D eigenvalue weighted by molar-refractivity contribution is -0.117. The first-order valence-corrected chi connectivity index (χ1v) is 12.7. The average Bonchev–Trinajstić information content (AvgIpc) is 3.28. The molecule has 0 radical (unpaired) electrons. The smallest absolute Gasteiger partial charge is 0.135 e. The third-order valence-corrected chi connectivity index (χ3v) is 8.37. The molecular weight excluding hydrogens is 486 g/mol. The fourth-order valence-corrected chi connectivity index (χ4v) is 6.37. The number of nitrogens with zero attached hydrogens (tertiary/aromatic N) is 6. The number of carbonyl (C=O) groups is 1. The first kappa shape index (κ1) is 24.3. The number of fused-ring (bicyclic) bond motifs is 5. The Morgan fingerprint density at radius 3 is 2.47 bits per heavy atom. The molecule has 2 aliphatic carbocycles. The Morgan fingerprint density at radius 1 is 1.03 bits per heavy atom. The largest absolute Gasteiger partial charge is 0.300 e. The summed E-state index contributed by atoms with van der Waals surface area (Å²) in [6.45, 7) is 5.93. The molecule has 38 heavy (non-hydrogen) atoms. The summed E-state index contributed by atoms with van der Waals surface area (Å²) in [6, 6.07) is 5.59. The lowest BCUT2D eigenvalue weighted by Crippen LogP contribution is -2.38. The van der Waals surface area contributed by atoms with Crippen molar-refractivity contribution in [2.45, 2.75) is 57.8 Å².